The zero-order valence-corrected chi connectivity index (χ0v) is 14.3. The molecule has 1 aliphatic heterocycles. The number of aliphatic hydroxyl groups excluding tert-OH is 1. The molecule has 1 fully saturated rings. The van der Waals surface area contributed by atoms with Crippen molar-refractivity contribution in [1.82, 2.24) is 4.90 Å². The predicted molar refractivity (Wildman–Crippen MR) is 91.5 cm³/mol. The summed E-state index contributed by atoms with van der Waals surface area (Å²) >= 11 is 0. The molecule has 124 valence electrons. The average Bonchev–Trinajstić information content (AvgIpc) is 2.54. The minimum atomic E-state index is -0.425. The topological polar surface area (TPSA) is 32.7 Å². The number of piperidine rings is 1. The van der Waals surface area contributed by atoms with E-state index in [1.54, 1.807) is 0 Å². The predicted octanol–water partition coefficient (Wildman–Crippen LogP) is 3.81. The van der Waals surface area contributed by atoms with Crippen LogP contribution in [0, 0.1) is 0 Å². The van der Waals surface area contributed by atoms with Crippen molar-refractivity contribution in [3.05, 3.63) is 29.8 Å². The molecule has 0 bridgehead atoms. The highest BCUT2D eigenvalue weighted by Gasteiger charge is 2.21. The second-order valence-corrected chi connectivity index (χ2v) is 6.65. The van der Waals surface area contributed by atoms with Gasteiger partial charge < -0.3 is 9.84 Å². The fourth-order valence-electron chi connectivity index (χ4n) is 3.18. The summed E-state index contributed by atoms with van der Waals surface area (Å²) in [5.41, 5.74) is 1.24. The van der Waals surface area contributed by atoms with Gasteiger partial charge in [0, 0.05) is 12.6 Å². The Labute approximate surface area is 135 Å². The molecular formula is C19H31NO2. The zero-order chi connectivity index (χ0) is 15.9. The summed E-state index contributed by atoms with van der Waals surface area (Å²) in [6, 6.07) is 8.77. The van der Waals surface area contributed by atoms with E-state index < -0.39 is 6.10 Å². The largest absolute Gasteiger partial charge is 0.491 e. The van der Waals surface area contributed by atoms with Gasteiger partial charge in [0.25, 0.3) is 0 Å². The number of benzene rings is 1. The smallest absolute Gasteiger partial charge is 0.122 e. The highest BCUT2D eigenvalue weighted by Crippen LogP contribution is 2.28. The lowest BCUT2D eigenvalue weighted by Crippen LogP contribution is -2.43. The van der Waals surface area contributed by atoms with E-state index in [9.17, 15) is 5.11 Å². The number of para-hydroxylation sites is 1. The molecule has 1 aromatic carbocycles. The Morgan fingerprint density at radius 1 is 1.32 bits per heavy atom. The zero-order valence-electron chi connectivity index (χ0n) is 14.3. The van der Waals surface area contributed by atoms with Crippen molar-refractivity contribution in [3.8, 4) is 5.75 Å². The number of aliphatic hydroxyl groups is 1. The normalized spacial score (nSPS) is 22.3. The molecule has 22 heavy (non-hydrogen) atoms. The van der Waals surface area contributed by atoms with Crippen molar-refractivity contribution in [3.63, 3.8) is 0 Å². The van der Waals surface area contributed by atoms with Crippen LogP contribution in [0.25, 0.3) is 0 Å². The van der Waals surface area contributed by atoms with E-state index in [1.807, 2.05) is 12.1 Å². The first kappa shape index (κ1) is 17.3. The molecule has 3 unspecified atom stereocenters. The van der Waals surface area contributed by atoms with E-state index in [2.05, 4.69) is 37.8 Å². The monoisotopic (exact) mass is 305 g/mol. The molecule has 0 radical (unpaired) electrons. The SMILES string of the molecule is CCC(C)c1ccccc1OCC(O)CN1CCCCC1C. The molecule has 3 nitrogen and oxygen atoms in total. The van der Waals surface area contributed by atoms with E-state index in [-0.39, 0.29) is 0 Å². The summed E-state index contributed by atoms with van der Waals surface area (Å²) < 4.78 is 5.92. The molecule has 1 aliphatic rings. The lowest BCUT2D eigenvalue weighted by Gasteiger charge is -2.34. The average molecular weight is 305 g/mol. The van der Waals surface area contributed by atoms with Gasteiger partial charge in [0.05, 0.1) is 0 Å². The maximum Gasteiger partial charge on any atom is 0.122 e. The molecule has 1 N–H and O–H groups in total. The number of hydrogen-bond acceptors (Lipinski definition) is 3. The number of ether oxygens (including phenoxy) is 1. The van der Waals surface area contributed by atoms with Crippen molar-refractivity contribution in [2.45, 2.75) is 64.5 Å². The van der Waals surface area contributed by atoms with Crippen LogP contribution in [0.2, 0.25) is 0 Å². The van der Waals surface area contributed by atoms with E-state index in [0.717, 1.165) is 18.7 Å². The van der Waals surface area contributed by atoms with Gasteiger partial charge in [-0.15, -0.1) is 0 Å². The van der Waals surface area contributed by atoms with Gasteiger partial charge in [-0.3, -0.25) is 4.90 Å². The molecule has 1 heterocycles. The summed E-state index contributed by atoms with van der Waals surface area (Å²) in [5, 5.41) is 10.3. The van der Waals surface area contributed by atoms with Gasteiger partial charge in [0.15, 0.2) is 0 Å². The fourth-order valence-corrected chi connectivity index (χ4v) is 3.18. The van der Waals surface area contributed by atoms with Crippen LogP contribution in [0.15, 0.2) is 24.3 Å². The van der Waals surface area contributed by atoms with Crippen LogP contribution in [0.3, 0.4) is 0 Å². The maximum atomic E-state index is 10.3. The Kier molecular flexibility index (Phi) is 6.71. The minimum absolute atomic E-state index is 0.372. The second-order valence-electron chi connectivity index (χ2n) is 6.65. The maximum absolute atomic E-state index is 10.3. The molecule has 0 aliphatic carbocycles. The van der Waals surface area contributed by atoms with Crippen molar-refractivity contribution in [2.24, 2.45) is 0 Å². The van der Waals surface area contributed by atoms with Crippen LogP contribution in [0.5, 0.6) is 5.75 Å². The molecule has 3 atom stereocenters. The van der Waals surface area contributed by atoms with Gasteiger partial charge >= 0.3 is 0 Å². The number of β-amino-alcohol motifs (C(OH)–C–C–N with tert-alkyl or cyclic N) is 1. The highest BCUT2D eigenvalue weighted by molar-refractivity contribution is 5.35. The van der Waals surface area contributed by atoms with Crippen LogP contribution in [-0.4, -0.2) is 41.8 Å². The number of hydrogen-bond donors (Lipinski definition) is 1. The van der Waals surface area contributed by atoms with Crippen LogP contribution in [0.1, 0.15) is 57.9 Å². The van der Waals surface area contributed by atoms with Gasteiger partial charge in [0.2, 0.25) is 0 Å². The molecular weight excluding hydrogens is 274 g/mol. The molecule has 0 aromatic heterocycles. The molecule has 1 saturated heterocycles. The number of likely N-dealkylation sites (tertiary alicyclic amines) is 1. The van der Waals surface area contributed by atoms with Crippen LogP contribution >= 0.6 is 0 Å². The van der Waals surface area contributed by atoms with Gasteiger partial charge in [-0.2, -0.15) is 0 Å². The summed E-state index contributed by atoms with van der Waals surface area (Å²) in [6.07, 6.45) is 4.46. The standard InChI is InChI=1S/C19H31NO2/c1-4-15(2)18-10-5-6-11-19(18)22-14-17(21)13-20-12-8-7-9-16(20)3/h5-6,10-11,15-17,21H,4,7-9,12-14H2,1-3H3. The Morgan fingerprint density at radius 3 is 2.82 bits per heavy atom. The summed E-state index contributed by atoms with van der Waals surface area (Å²) in [7, 11) is 0. The second kappa shape index (κ2) is 8.54. The van der Waals surface area contributed by atoms with Crippen molar-refractivity contribution < 1.29 is 9.84 Å². The van der Waals surface area contributed by atoms with Crippen LogP contribution in [0.4, 0.5) is 0 Å². The van der Waals surface area contributed by atoms with Gasteiger partial charge in [-0.05, 0) is 50.3 Å². The Morgan fingerprint density at radius 2 is 2.09 bits per heavy atom. The molecule has 0 amide bonds. The minimum Gasteiger partial charge on any atom is -0.491 e. The number of nitrogens with zero attached hydrogens (tertiary/aromatic N) is 1. The van der Waals surface area contributed by atoms with Gasteiger partial charge in [0.1, 0.15) is 18.5 Å². The van der Waals surface area contributed by atoms with E-state index >= 15 is 0 Å². The third-order valence-corrected chi connectivity index (χ3v) is 4.88. The highest BCUT2D eigenvalue weighted by atomic mass is 16.5. The van der Waals surface area contributed by atoms with Gasteiger partial charge in [-0.25, -0.2) is 0 Å². The van der Waals surface area contributed by atoms with E-state index in [0.29, 0.717) is 25.1 Å². The Bertz CT molecular complexity index is 449. The first-order valence-corrected chi connectivity index (χ1v) is 8.75. The number of rotatable bonds is 7. The summed E-state index contributed by atoms with van der Waals surface area (Å²) in [6.45, 7) is 8.85. The molecule has 0 saturated carbocycles. The fraction of sp³-hybridized carbons (Fsp3) is 0.684. The quantitative estimate of drug-likeness (QED) is 0.831. The van der Waals surface area contributed by atoms with Gasteiger partial charge in [-0.1, -0.05) is 38.5 Å². The lowest BCUT2D eigenvalue weighted by atomic mass is 9.98. The molecule has 3 heteroatoms. The molecule has 2 rings (SSSR count). The van der Waals surface area contributed by atoms with E-state index in [1.165, 1.54) is 24.8 Å². The summed E-state index contributed by atoms with van der Waals surface area (Å²) in [4.78, 5) is 2.39. The van der Waals surface area contributed by atoms with Crippen LogP contribution in [-0.2, 0) is 0 Å². The molecule has 1 aromatic rings. The first-order chi connectivity index (χ1) is 10.6. The molecule has 0 spiro atoms. The van der Waals surface area contributed by atoms with Crippen molar-refractivity contribution in [1.29, 1.82) is 0 Å². The summed E-state index contributed by atoms with van der Waals surface area (Å²) in [5.74, 6) is 1.40. The third kappa shape index (κ3) is 4.72. The van der Waals surface area contributed by atoms with Crippen molar-refractivity contribution in [2.75, 3.05) is 19.7 Å². The first-order valence-electron chi connectivity index (χ1n) is 8.75. The third-order valence-electron chi connectivity index (χ3n) is 4.88. The van der Waals surface area contributed by atoms with E-state index in [4.69, 9.17) is 4.74 Å². The van der Waals surface area contributed by atoms with Crippen LogP contribution < -0.4 is 4.74 Å². The van der Waals surface area contributed by atoms with Crippen molar-refractivity contribution >= 4 is 0 Å². The Hall–Kier alpha value is -1.06. The lowest BCUT2D eigenvalue weighted by molar-refractivity contribution is 0.0435. The Balaban J connectivity index is 1.87.